The smallest absolute Gasteiger partial charge is 0.326 e. The fraction of sp³-hybridized carbons (Fsp3) is 0.818. The molecular weight excluding hydrogens is 210 g/mol. The molecular formula is C11H15NO4. The van der Waals surface area contributed by atoms with Crippen LogP contribution >= 0.6 is 0 Å². The third kappa shape index (κ3) is 0.734. The minimum Gasteiger partial charge on any atom is -0.469 e. The van der Waals surface area contributed by atoms with E-state index in [0.717, 1.165) is 6.42 Å². The molecule has 0 heterocycles. The average Bonchev–Trinajstić information content (AvgIpc) is 2.62. The second-order valence-corrected chi connectivity index (χ2v) is 5.18. The first kappa shape index (κ1) is 10.1. The Labute approximate surface area is 93.3 Å². The van der Waals surface area contributed by atoms with Gasteiger partial charge in [-0.25, -0.2) is 0 Å². The van der Waals surface area contributed by atoms with Crippen LogP contribution in [0.4, 0.5) is 0 Å². The zero-order valence-corrected chi connectivity index (χ0v) is 9.36. The zero-order chi connectivity index (χ0) is 11.7. The van der Waals surface area contributed by atoms with E-state index < -0.39 is 11.0 Å². The molecule has 0 amide bonds. The van der Waals surface area contributed by atoms with Crippen molar-refractivity contribution in [3.8, 4) is 0 Å². The van der Waals surface area contributed by atoms with Gasteiger partial charge in [0.05, 0.1) is 19.6 Å². The first-order valence-electron chi connectivity index (χ1n) is 5.49. The zero-order valence-electron chi connectivity index (χ0n) is 9.36. The molecule has 0 unspecified atom stereocenters. The Bertz CT molecular complexity index is 395. The van der Waals surface area contributed by atoms with Gasteiger partial charge in [-0.1, -0.05) is 0 Å². The molecule has 4 rings (SSSR count). The molecule has 88 valence electrons. The van der Waals surface area contributed by atoms with E-state index in [0.29, 0.717) is 6.42 Å². The maximum absolute atomic E-state index is 11.8. The summed E-state index contributed by atoms with van der Waals surface area (Å²) in [5.41, 5.74) is 4.76. The number of ether oxygens (including phenoxy) is 2. The Hall–Kier alpha value is -1.10. The Balaban J connectivity index is 1.96. The van der Waals surface area contributed by atoms with Crippen LogP contribution < -0.4 is 5.73 Å². The van der Waals surface area contributed by atoms with Crippen molar-refractivity contribution < 1.29 is 19.1 Å². The summed E-state index contributed by atoms with van der Waals surface area (Å²) in [5, 5.41) is 0. The van der Waals surface area contributed by atoms with Crippen molar-refractivity contribution in [1.29, 1.82) is 0 Å². The van der Waals surface area contributed by atoms with E-state index in [4.69, 9.17) is 15.2 Å². The van der Waals surface area contributed by atoms with Crippen molar-refractivity contribution in [2.24, 2.45) is 28.9 Å². The van der Waals surface area contributed by atoms with Gasteiger partial charge in [0.1, 0.15) is 5.54 Å². The van der Waals surface area contributed by atoms with Crippen molar-refractivity contribution in [2.75, 3.05) is 14.2 Å². The molecule has 5 heteroatoms. The Kier molecular flexibility index (Phi) is 1.63. The van der Waals surface area contributed by atoms with Gasteiger partial charge in [-0.05, 0) is 24.7 Å². The molecule has 5 nitrogen and oxygen atoms in total. The van der Waals surface area contributed by atoms with Gasteiger partial charge in [0.15, 0.2) is 0 Å². The first-order chi connectivity index (χ1) is 7.53. The molecule has 5 atom stereocenters. The minimum absolute atomic E-state index is 0.0649. The van der Waals surface area contributed by atoms with Crippen molar-refractivity contribution >= 4 is 11.9 Å². The summed E-state index contributed by atoms with van der Waals surface area (Å²) < 4.78 is 9.61. The van der Waals surface area contributed by atoms with Crippen LogP contribution in [-0.4, -0.2) is 31.7 Å². The number of hydrogen-bond donors (Lipinski definition) is 1. The fourth-order valence-electron chi connectivity index (χ4n) is 4.34. The van der Waals surface area contributed by atoms with Gasteiger partial charge in [-0.3, -0.25) is 9.59 Å². The van der Waals surface area contributed by atoms with Crippen LogP contribution in [0.5, 0.6) is 0 Å². The number of carbonyl (C=O) groups is 2. The van der Waals surface area contributed by atoms with E-state index in [2.05, 4.69) is 0 Å². The Morgan fingerprint density at radius 2 is 1.88 bits per heavy atom. The third-order valence-corrected chi connectivity index (χ3v) is 4.93. The highest BCUT2D eigenvalue weighted by Crippen LogP contribution is 2.82. The molecule has 16 heavy (non-hydrogen) atoms. The fourth-order valence-corrected chi connectivity index (χ4v) is 4.34. The molecule has 0 saturated heterocycles. The maximum atomic E-state index is 11.8. The molecule has 0 aromatic heterocycles. The molecule has 0 spiro atoms. The molecule has 4 saturated carbocycles. The van der Waals surface area contributed by atoms with Crippen molar-refractivity contribution in [2.45, 2.75) is 18.4 Å². The van der Waals surface area contributed by atoms with Crippen LogP contribution in [-0.2, 0) is 19.1 Å². The lowest BCUT2D eigenvalue weighted by molar-refractivity contribution is -0.149. The van der Waals surface area contributed by atoms with Gasteiger partial charge in [-0.15, -0.1) is 0 Å². The summed E-state index contributed by atoms with van der Waals surface area (Å²) in [5.74, 6) is -0.345. The van der Waals surface area contributed by atoms with Gasteiger partial charge in [-0.2, -0.15) is 0 Å². The predicted molar refractivity (Wildman–Crippen MR) is 53.1 cm³/mol. The second-order valence-electron chi connectivity index (χ2n) is 5.18. The average molecular weight is 225 g/mol. The molecule has 4 aliphatic carbocycles. The van der Waals surface area contributed by atoms with Crippen LogP contribution in [0.2, 0.25) is 0 Å². The van der Waals surface area contributed by atoms with E-state index in [1.165, 1.54) is 14.2 Å². The lowest BCUT2D eigenvalue weighted by Gasteiger charge is -2.24. The van der Waals surface area contributed by atoms with Gasteiger partial charge < -0.3 is 15.2 Å². The first-order valence-corrected chi connectivity index (χ1v) is 5.49. The molecule has 4 aliphatic rings. The van der Waals surface area contributed by atoms with Crippen LogP contribution in [0.15, 0.2) is 0 Å². The summed E-state index contributed by atoms with van der Waals surface area (Å²) in [4.78, 5) is 23.5. The highest BCUT2D eigenvalue weighted by atomic mass is 16.5. The van der Waals surface area contributed by atoms with Crippen LogP contribution in [0.3, 0.4) is 0 Å². The summed E-state index contributed by atoms with van der Waals surface area (Å²) in [6.07, 6.45) is 1.53. The Morgan fingerprint density at radius 1 is 1.25 bits per heavy atom. The summed E-state index contributed by atoms with van der Waals surface area (Å²) in [7, 11) is 2.73. The Morgan fingerprint density at radius 3 is 2.38 bits per heavy atom. The minimum atomic E-state index is -0.951. The summed E-state index contributed by atoms with van der Waals surface area (Å²) >= 11 is 0. The third-order valence-electron chi connectivity index (χ3n) is 4.93. The second kappa shape index (κ2) is 2.59. The van der Waals surface area contributed by atoms with Crippen molar-refractivity contribution in [3.63, 3.8) is 0 Å². The number of methoxy groups -OCH3 is 2. The number of hydrogen-bond acceptors (Lipinski definition) is 5. The number of rotatable bonds is 2. The van der Waals surface area contributed by atoms with Crippen LogP contribution in [0.25, 0.3) is 0 Å². The molecule has 0 radical (unpaired) electrons. The maximum Gasteiger partial charge on any atom is 0.326 e. The standard InChI is InChI=1S/C11H15NO4/c1-15-8(13)10-4-5-3-6(10)7(10)11(5,12)9(14)16-2/h5-7H,3-4,12H2,1-2H3/t5-,6-,7-,10-,11-/m1/s1. The predicted octanol–water partition coefficient (Wildman–Crippen LogP) is -0.314. The van der Waals surface area contributed by atoms with Gasteiger partial charge in [0, 0.05) is 5.92 Å². The van der Waals surface area contributed by atoms with E-state index in [9.17, 15) is 9.59 Å². The van der Waals surface area contributed by atoms with E-state index in [1.54, 1.807) is 0 Å². The summed E-state index contributed by atoms with van der Waals surface area (Å²) in [6.45, 7) is 0. The number of carbonyl (C=O) groups excluding carboxylic acids is 2. The highest BCUT2D eigenvalue weighted by Gasteiger charge is 2.89. The van der Waals surface area contributed by atoms with E-state index >= 15 is 0 Å². The topological polar surface area (TPSA) is 78.6 Å². The van der Waals surface area contributed by atoms with E-state index in [1.807, 2.05) is 0 Å². The summed E-state index contributed by atoms with van der Waals surface area (Å²) in [6, 6.07) is 0. The molecule has 0 aromatic carbocycles. The highest BCUT2D eigenvalue weighted by molar-refractivity contribution is 5.92. The lowest BCUT2D eigenvalue weighted by atomic mass is 9.89. The van der Waals surface area contributed by atoms with Crippen molar-refractivity contribution in [1.82, 2.24) is 0 Å². The number of nitrogens with two attached hydrogens (primary N) is 1. The van der Waals surface area contributed by atoms with Crippen molar-refractivity contribution in [3.05, 3.63) is 0 Å². The molecule has 4 fully saturated rings. The normalized spacial score (nSPS) is 51.3. The van der Waals surface area contributed by atoms with E-state index in [-0.39, 0.29) is 29.7 Å². The van der Waals surface area contributed by atoms with Crippen LogP contribution in [0.1, 0.15) is 12.8 Å². The quantitative estimate of drug-likeness (QED) is 0.652. The molecule has 4 bridgehead atoms. The molecule has 0 aliphatic heterocycles. The lowest BCUT2D eigenvalue weighted by Crippen LogP contribution is -2.52. The van der Waals surface area contributed by atoms with Gasteiger partial charge in [0.2, 0.25) is 0 Å². The SMILES string of the molecule is COC(=O)[C@@]1(N)[C@@H]2C[C@@H]3[C@@H]1[C@@]3(C(=O)OC)C2. The van der Waals surface area contributed by atoms with Gasteiger partial charge >= 0.3 is 11.9 Å². The largest absolute Gasteiger partial charge is 0.469 e. The van der Waals surface area contributed by atoms with Gasteiger partial charge in [0.25, 0.3) is 0 Å². The monoisotopic (exact) mass is 225 g/mol. The van der Waals surface area contributed by atoms with Crippen LogP contribution in [0, 0.1) is 23.2 Å². The molecule has 0 aromatic rings. The number of esters is 2. The molecule has 2 N–H and O–H groups in total.